The van der Waals surface area contributed by atoms with Gasteiger partial charge in [-0.2, -0.15) is 0 Å². The van der Waals surface area contributed by atoms with Gasteiger partial charge < -0.3 is 19.7 Å². The molecule has 3 rings (SSSR count). The number of aryl methyl sites for hydroxylation is 1. The van der Waals surface area contributed by atoms with Gasteiger partial charge in [0, 0.05) is 25.5 Å². The highest BCUT2D eigenvalue weighted by molar-refractivity contribution is 5.52. The van der Waals surface area contributed by atoms with Crippen LogP contribution < -0.4 is 14.8 Å². The lowest BCUT2D eigenvalue weighted by Crippen LogP contribution is -2.31. The number of hydrogen-bond acceptors (Lipinski definition) is 5. The number of hydrogen-bond donors (Lipinski definition) is 1. The van der Waals surface area contributed by atoms with Crippen LogP contribution in [-0.2, 0) is 6.42 Å². The number of methoxy groups -OCH3 is 1. The molecule has 0 bridgehead atoms. The normalized spacial score (nSPS) is 16.6. The summed E-state index contributed by atoms with van der Waals surface area (Å²) in [5.41, 5.74) is 5.04. The Morgan fingerprint density at radius 1 is 1.24 bits per heavy atom. The molecule has 1 unspecified atom stereocenters. The van der Waals surface area contributed by atoms with E-state index in [4.69, 9.17) is 9.47 Å². The van der Waals surface area contributed by atoms with Gasteiger partial charge in [-0.25, -0.2) is 0 Å². The van der Waals surface area contributed by atoms with Crippen molar-refractivity contribution in [3.63, 3.8) is 0 Å². The third-order valence-electron chi connectivity index (χ3n) is 4.65. The number of aromatic nitrogens is 1. The molecule has 0 fully saturated rings. The fourth-order valence-electron chi connectivity index (χ4n) is 3.26. The predicted octanol–water partition coefficient (Wildman–Crippen LogP) is 2.57. The first-order chi connectivity index (χ1) is 12.1. The van der Waals surface area contributed by atoms with Crippen LogP contribution in [0.15, 0.2) is 30.6 Å². The third-order valence-corrected chi connectivity index (χ3v) is 4.65. The molecule has 1 aromatic carbocycles. The maximum Gasteiger partial charge on any atom is 0.161 e. The van der Waals surface area contributed by atoms with Crippen LogP contribution >= 0.6 is 0 Å². The monoisotopic (exact) mass is 341 g/mol. The Kier molecular flexibility index (Phi) is 5.56. The summed E-state index contributed by atoms with van der Waals surface area (Å²) >= 11 is 0. The lowest BCUT2D eigenvalue weighted by molar-refractivity contribution is 0.250. The molecule has 1 aliphatic rings. The van der Waals surface area contributed by atoms with Gasteiger partial charge in [0.1, 0.15) is 6.61 Å². The van der Waals surface area contributed by atoms with Crippen molar-refractivity contribution in [3.05, 3.63) is 52.8 Å². The highest BCUT2D eigenvalue weighted by Gasteiger charge is 2.25. The minimum Gasteiger partial charge on any atom is -0.493 e. The van der Waals surface area contributed by atoms with Gasteiger partial charge in [0.05, 0.1) is 13.2 Å². The maximum atomic E-state index is 6.01. The second kappa shape index (κ2) is 7.85. The lowest BCUT2D eigenvalue weighted by atomic mass is 9.88. The molecule has 5 heteroatoms. The molecule has 2 aromatic rings. The van der Waals surface area contributed by atoms with E-state index in [9.17, 15) is 0 Å². The van der Waals surface area contributed by atoms with Crippen LogP contribution in [-0.4, -0.2) is 50.8 Å². The summed E-state index contributed by atoms with van der Waals surface area (Å²) in [4.78, 5) is 6.33. The number of likely N-dealkylation sites (N-methyl/N-ethyl adjacent to an activating group) is 1. The fourth-order valence-corrected chi connectivity index (χ4v) is 3.26. The first kappa shape index (κ1) is 17.7. The molecule has 25 heavy (non-hydrogen) atoms. The molecular formula is C20H27N3O2. The Morgan fingerprint density at radius 3 is 2.80 bits per heavy atom. The highest BCUT2D eigenvalue weighted by Crippen LogP contribution is 2.38. The molecular weight excluding hydrogens is 314 g/mol. The molecule has 1 atom stereocenters. The van der Waals surface area contributed by atoms with Crippen LogP contribution in [0.4, 0.5) is 0 Å². The van der Waals surface area contributed by atoms with Gasteiger partial charge in [0.2, 0.25) is 0 Å². The summed E-state index contributed by atoms with van der Waals surface area (Å²) in [5.74, 6) is 1.62. The second-order valence-corrected chi connectivity index (χ2v) is 6.72. The van der Waals surface area contributed by atoms with Crippen molar-refractivity contribution in [1.82, 2.24) is 15.2 Å². The van der Waals surface area contributed by atoms with Gasteiger partial charge in [-0.3, -0.25) is 4.98 Å². The summed E-state index contributed by atoms with van der Waals surface area (Å²) in [6, 6.07) is 6.53. The zero-order chi connectivity index (χ0) is 17.8. The molecule has 5 nitrogen and oxygen atoms in total. The van der Waals surface area contributed by atoms with E-state index >= 15 is 0 Å². The number of nitrogens with one attached hydrogen (secondary N) is 1. The number of nitrogens with zero attached hydrogens (tertiary/aromatic N) is 2. The van der Waals surface area contributed by atoms with Gasteiger partial charge in [-0.15, -0.1) is 0 Å². The summed E-state index contributed by atoms with van der Waals surface area (Å²) in [6.45, 7) is 4.56. The van der Waals surface area contributed by atoms with Crippen LogP contribution in [0.3, 0.4) is 0 Å². The van der Waals surface area contributed by atoms with Crippen LogP contribution in [0.25, 0.3) is 0 Å². The Balaban J connectivity index is 1.95. The molecule has 1 aromatic heterocycles. The average Bonchev–Trinajstić information content (AvgIpc) is 2.61. The lowest BCUT2D eigenvalue weighted by Gasteiger charge is -2.29. The largest absolute Gasteiger partial charge is 0.493 e. The number of pyridine rings is 1. The van der Waals surface area contributed by atoms with E-state index in [0.717, 1.165) is 31.0 Å². The highest BCUT2D eigenvalue weighted by atomic mass is 16.5. The quantitative estimate of drug-likeness (QED) is 0.875. The third kappa shape index (κ3) is 3.94. The average molecular weight is 341 g/mol. The Hall–Kier alpha value is -2.11. The van der Waals surface area contributed by atoms with Gasteiger partial charge in [0.25, 0.3) is 0 Å². The van der Waals surface area contributed by atoms with Crippen molar-refractivity contribution in [2.45, 2.75) is 19.4 Å². The zero-order valence-electron chi connectivity index (χ0n) is 15.5. The summed E-state index contributed by atoms with van der Waals surface area (Å²) in [6.07, 6.45) is 4.77. The smallest absolute Gasteiger partial charge is 0.161 e. The summed E-state index contributed by atoms with van der Waals surface area (Å²) in [5, 5.41) is 3.64. The van der Waals surface area contributed by atoms with Crippen molar-refractivity contribution in [3.8, 4) is 11.5 Å². The molecule has 0 saturated heterocycles. The molecule has 0 saturated carbocycles. The maximum absolute atomic E-state index is 6.01. The predicted molar refractivity (Wildman–Crippen MR) is 99.6 cm³/mol. The van der Waals surface area contributed by atoms with Gasteiger partial charge in [-0.1, -0.05) is 0 Å². The van der Waals surface area contributed by atoms with Crippen molar-refractivity contribution in [2.75, 3.05) is 40.9 Å². The van der Waals surface area contributed by atoms with E-state index < -0.39 is 0 Å². The van der Waals surface area contributed by atoms with E-state index in [0.29, 0.717) is 6.61 Å². The minimum atomic E-state index is 0.161. The van der Waals surface area contributed by atoms with Crippen LogP contribution in [0.2, 0.25) is 0 Å². The minimum absolute atomic E-state index is 0.161. The van der Waals surface area contributed by atoms with E-state index in [1.165, 1.54) is 22.3 Å². The Labute approximate surface area is 150 Å². The van der Waals surface area contributed by atoms with E-state index in [1.807, 2.05) is 26.5 Å². The molecule has 2 heterocycles. The van der Waals surface area contributed by atoms with E-state index in [-0.39, 0.29) is 6.04 Å². The molecule has 1 N–H and O–H groups in total. The van der Waals surface area contributed by atoms with Crippen molar-refractivity contribution in [2.24, 2.45) is 0 Å². The molecule has 0 radical (unpaired) electrons. The second-order valence-electron chi connectivity index (χ2n) is 6.72. The molecule has 1 aliphatic heterocycles. The van der Waals surface area contributed by atoms with Gasteiger partial charge >= 0.3 is 0 Å². The van der Waals surface area contributed by atoms with E-state index in [1.54, 1.807) is 7.11 Å². The molecule has 0 spiro atoms. The number of ether oxygens (including phenoxy) is 2. The van der Waals surface area contributed by atoms with Crippen LogP contribution in [0.1, 0.15) is 28.3 Å². The van der Waals surface area contributed by atoms with Crippen LogP contribution in [0.5, 0.6) is 11.5 Å². The van der Waals surface area contributed by atoms with Crippen molar-refractivity contribution < 1.29 is 9.47 Å². The molecule has 0 aliphatic carbocycles. The van der Waals surface area contributed by atoms with E-state index in [2.05, 4.69) is 40.3 Å². The number of fused-ring (bicyclic) bond motifs is 1. The number of rotatable bonds is 6. The standard InChI is InChI=1S/C20H27N3O2/c1-14-13-21-7-6-16(14)20-17-12-19(25-10-9-23(2)3)18(24-4)11-15(17)5-8-22-20/h6-7,11-13,20,22H,5,8-10H2,1-4H3. The number of benzene rings is 1. The van der Waals surface area contributed by atoms with Crippen LogP contribution in [0, 0.1) is 6.92 Å². The topological polar surface area (TPSA) is 46.6 Å². The fraction of sp³-hybridized carbons (Fsp3) is 0.450. The van der Waals surface area contributed by atoms with Crippen molar-refractivity contribution >= 4 is 0 Å². The van der Waals surface area contributed by atoms with Gasteiger partial charge in [-0.05, 0) is 67.9 Å². The van der Waals surface area contributed by atoms with Gasteiger partial charge in [0.15, 0.2) is 11.5 Å². The first-order valence-corrected chi connectivity index (χ1v) is 8.72. The summed E-state index contributed by atoms with van der Waals surface area (Å²) < 4.78 is 11.6. The van der Waals surface area contributed by atoms with Crippen molar-refractivity contribution in [1.29, 1.82) is 0 Å². The Bertz CT molecular complexity index is 731. The SMILES string of the molecule is COc1cc2c(cc1OCCN(C)C)C(c1ccncc1C)NCC2. The summed E-state index contributed by atoms with van der Waals surface area (Å²) in [7, 11) is 5.78. The first-order valence-electron chi connectivity index (χ1n) is 8.72. The molecule has 134 valence electrons. The zero-order valence-corrected chi connectivity index (χ0v) is 15.5. The molecule has 0 amide bonds. The Morgan fingerprint density at radius 2 is 2.08 bits per heavy atom.